The van der Waals surface area contributed by atoms with Gasteiger partial charge in [-0.15, -0.1) is 0 Å². The molecule has 3 heterocycles. The number of allylic oxidation sites excluding steroid dienone is 3. The summed E-state index contributed by atoms with van der Waals surface area (Å²) < 4.78 is 31.2. The third-order valence-electron chi connectivity index (χ3n) is 11.0. The molecule has 2 amide bonds. The molecule has 0 spiro atoms. The number of para-hydroxylation sites is 3. The van der Waals surface area contributed by atoms with Crippen molar-refractivity contribution >= 4 is 151 Å². The van der Waals surface area contributed by atoms with Crippen LogP contribution in [0.4, 0.5) is 59.2 Å². The Morgan fingerprint density at radius 2 is 0.920 bits per heavy atom. The number of ketones is 3. The Morgan fingerprint density at radius 3 is 1.36 bits per heavy atom. The first kappa shape index (κ1) is 73.0. The van der Waals surface area contributed by atoms with E-state index in [0.29, 0.717) is 67.0 Å². The van der Waals surface area contributed by atoms with Crippen LogP contribution in [-0.2, 0) is 38.4 Å². The first-order chi connectivity index (χ1) is 41.6. The van der Waals surface area contributed by atoms with Gasteiger partial charge in [0.2, 0.25) is 34.6 Å². The smallest absolute Gasteiger partial charge is 0.398 e. The average Bonchev–Trinajstić information content (AvgIpc) is 3.65. The third kappa shape index (κ3) is 26.1. The van der Waals surface area contributed by atoms with Crippen molar-refractivity contribution in [1.82, 2.24) is 29.9 Å². The number of nitrogens with zero attached hydrogens (tertiary/aromatic N) is 6. The van der Waals surface area contributed by atoms with Gasteiger partial charge in [-0.1, -0.05) is 133 Å². The molecule has 0 saturated carbocycles. The van der Waals surface area contributed by atoms with E-state index in [1.807, 2.05) is 80.6 Å². The predicted octanol–water partition coefficient (Wildman–Crippen LogP) is 13.6. The number of nitrogen functional groups attached to an aromatic ring is 2. The zero-order valence-electron chi connectivity index (χ0n) is 46.5. The van der Waals surface area contributed by atoms with Crippen LogP contribution in [-0.4, -0.2) is 71.5 Å². The van der Waals surface area contributed by atoms with E-state index in [0.717, 1.165) is 33.5 Å². The summed E-state index contributed by atoms with van der Waals surface area (Å²) in [6.07, 6.45) is 3.22. The number of nitrogens with two attached hydrogens (primary N) is 4. The van der Waals surface area contributed by atoms with Crippen LogP contribution in [0.2, 0.25) is 30.8 Å². The van der Waals surface area contributed by atoms with Gasteiger partial charge < -0.3 is 38.9 Å². The fourth-order valence-electron chi connectivity index (χ4n) is 6.42. The highest BCUT2D eigenvalue weighted by Gasteiger charge is 2.25. The van der Waals surface area contributed by atoms with Crippen molar-refractivity contribution in [3.05, 3.63) is 235 Å². The van der Waals surface area contributed by atoms with Gasteiger partial charge in [0.25, 0.3) is 0 Å². The highest BCUT2D eigenvalue weighted by atomic mass is 35.5. The number of halogens is 9. The molecule has 0 bridgehead atoms. The van der Waals surface area contributed by atoms with Gasteiger partial charge in [-0.2, -0.15) is 23.1 Å². The topological polar surface area (TPSA) is 320 Å². The van der Waals surface area contributed by atoms with E-state index in [-0.39, 0.29) is 51.9 Å². The number of benzene rings is 5. The second-order valence-corrected chi connectivity index (χ2v) is 19.7. The molecule has 0 aliphatic rings. The van der Waals surface area contributed by atoms with Crippen molar-refractivity contribution in [2.75, 3.05) is 27.4 Å². The number of anilines is 8. The van der Waals surface area contributed by atoms with Crippen LogP contribution in [0.25, 0.3) is 0 Å². The summed E-state index contributed by atoms with van der Waals surface area (Å²) >= 11 is 34.3. The number of aryl methyl sites for hydroxylation is 2. The number of aromatic nitrogens is 6. The minimum absolute atomic E-state index is 0.00657. The Kier molecular flexibility index (Phi) is 30.4. The summed E-state index contributed by atoms with van der Waals surface area (Å²) in [5, 5.41) is 10.6. The molecule has 5 aromatic carbocycles. The van der Waals surface area contributed by atoms with E-state index < -0.39 is 24.3 Å². The zero-order valence-corrected chi connectivity index (χ0v) is 51.1. The van der Waals surface area contributed by atoms with E-state index in [2.05, 4.69) is 65.6 Å². The van der Waals surface area contributed by atoms with Crippen LogP contribution < -0.4 is 38.9 Å². The monoisotopic (exact) mass is 1320 g/mol. The molecule has 0 aliphatic heterocycles. The lowest BCUT2D eigenvalue weighted by atomic mass is 10.1. The number of amides is 2. The van der Waals surface area contributed by atoms with E-state index in [9.17, 15) is 37.1 Å². The number of nitrogens with one attached hydrogen (secondary N) is 3. The molecule has 28 heteroatoms. The van der Waals surface area contributed by atoms with E-state index in [1.54, 1.807) is 42.5 Å². The summed E-state index contributed by atoms with van der Waals surface area (Å²) in [4.78, 5) is 88.6. The van der Waals surface area contributed by atoms with Crippen LogP contribution in [0.3, 0.4) is 0 Å². The van der Waals surface area contributed by atoms with E-state index in [4.69, 9.17) is 97.3 Å². The minimum Gasteiger partial charge on any atom is -0.398 e. The Balaban J connectivity index is 0.000000301. The van der Waals surface area contributed by atoms with Crippen molar-refractivity contribution in [3.63, 3.8) is 0 Å². The van der Waals surface area contributed by atoms with Gasteiger partial charge in [-0.3, -0.25) is 28.8 Å². The molecule has 0 unspecified atom stereocenters. The molecule has 11 N–H and O–H groups in total. The van der Waals surface area contributed by atoms with Gasteiger partial charge in [0, 0.05) is 58.8 Å². The van der Waals surface area contributed by atoms with Gasteiger partial charge in [-0.25, -0.2) is 19.9 Å². The zero-order chi connectivity index (χ0) is 65.7. The van der Waals surface area contributed by atoms with Crippen LogP contribution in [0.1, 0.15) is 48.5 Å². The number of aldehydes is 1. The Labute approximate surface area is 533 Å². The van der Waals surface area contributed by atoms with Crippen LogP contribution in [0, 0.1) is 13.8 Å². The Bertz CT molecular complexity index is 3810. The average molecular weight is 1320 g/mol. The van der Waals surface area contributed by atoms with Crippen molar-refractivity contribution in [1.29, 1.82) is 0 Å². The van der Waals surface area contributed by atoms with Crippen molar-refractivity contribution < 1.29 is 41.9 Å². The highest BCUT2D eigenvalue weighted by molar-refractivity contribution is 6.41. The molecule has 458 valence electrons. The second kappa shape index (κ2) is 36.6. The first-order valence-electron chi connectivity index (χ1n) is 25.0. The lowest BCUT2D eigenvalue weighted by molar-refractivity contribution is -0.156. The SMILES string of the molecule is C=CC(=O)Cc1ccccc1N.C=CC(=O)Cc1ccccc1Nc1nc(Cl)ncc1Cl.C=CC(=O)Cc1ccccc1Nc1nc(Nc2cc(C(N)=O)ccc2C)ncc1Cl.Cc1ccc(C(N)=O)cc1N.Clc1ncc(Cl)c(Cl)n1.O=CC(F)(F)F. The molecule has 19 nitrogen and oxygen atoms in total. The molecule has 0 fully saturated rings. The fraction of sp³-hybridized carbons (Fsp3) is 0.100. The molecule has 8 aromatic rings. The van der Waals surface area contributed by atoms with Crippen molar-refractivity contribution in [2.24, 2.45) is 11.5 Å². The molecule has 88 heavy (non-hydrogen) atoms. The third-order valence-corrected chi connectivity index (χ3v) is 12.5. The largest absolute Gasteiger partial charge is 0.446 e. The maximum atomic E-state index is 11.8. The number of rotatable bonds is 17. The molecule has 3 aromatic heterocycles. The van der Waals surface area contributed by atoms with Gasteiger partial charge in [0.05, 0.1) is 23.6 Å². The van der Waals surface area contributed by atoms with Crippen molar-refractivity contribution in [2.45, 2.75) is 39.3 Å². The van der Waals surface area contributed by atoms with Gasteiger partial charge in [0.15, 0.2) is 34.1 Å². The Morgan fingerprint density at radius 1 is 0.511 bits per heavy atom. The minimum atomic E-state index is -4.64. The number of carbonyl (C=O) groups excluding carboxylic acids is 6. The standard InChI is InChI=1S/C22H20ClN5O2.C14H11Cl2N3O.C10H11NO.C8H10N2O.C4HCl3N2.C2HF3O/c1-3-16(29)10-14-6-4-5-7-18(14)26-21-17(23)12-25-22(28-21)27-19-11-15(20(24)30)9-8-13(19)2;1-2-10(20)7-9-5-3-4-6-12(9)18-13-11(15)8-17-14(16)19-13;1-2-9(12)7-8-5-3-4-6-10(8)11;1-5-2-3-6(8(10)11)4-7(5)9;5-2-1-8-4(7)9-3(2)6;3-2(4,5)1-6/h3-9,11-12H,1,10H2,2H3,(H2,24,30)(H2,25,26,27,28);2-6,8H,1,7H2,(H,17,18,19);2-6H,1,7,11H2;2-4H,9H2,1H3,(H2,10,11);1H;1H. The summed E-state index contributed by atoms with van der Waals surface area (Å²) in [5.41, 5.74) is 30.1. The summed E-state index contributed by atoms with van der Waals surface area (Å²) in [6, 6.07) is 32.2. The molecule has 0 atom stereocenters. The van der Waals surface area contributed by atoms with E-state index >= 15 is 0 Å². The maximum Gasteiger partial charge on any atom is 0.446 e. The fourth-order valence-corrected chi connectivity index (χ4v) is 7.23. The van der Waals surface area contributed by atoms with Crippen LogP contribution in [0.5, 0.6) is 0 Å². The summed E-state index contributed by atoms with van der Waals surface area (Å²) in [7, 11) is 0. The number of carbonyl (C=O) groups is 6. The lowest BCUT2D eigenvalue weighted by Gasteiger charge is -2.14. The van der Waals surface area contributed by atoms with Crippen LogP contribution >= 0.6 is 69.6 Å². The lowest BCUT2D eigenvalue weighted by Crippen LogP contribution is -2.11. The number of primary amides is 2. The number of hydrogen-bond acceptors (Lipinski definition) is 17. The quantitative estimate of drug-likeness (QED) is 0.0146. The number of alkyl halides is 3. The molecule has 0 aliphatic carbocycles. The molecule has 0 saturated heterocycles. The normalized spacial score (nSPS) is 10.0. The van der Waals surface area contributed by atoms with E-state index in [1.165, 1.54) is 36.8 Å². The van der Waals surface area contributed by atoms with Gasteiger partial charge in [-0.05, 0) is 126 Å². The molecular weight excluding hydrogens is 1270 g/mol. The van der Waals surface area contributed by atoms with Gasteiger partial charge in [0.1, 0.15) is 10.0 Å². The highest BCUT2D eigenvalue weighted by Crippen LogP contribution is 2.30. The summed E-state index contributed by atoms with van der Waals surface area (Å²) in [5.74, 6) is -0.0863. The second-order valence-electron chi connectivity index (χ2n) is 17.4. The Hall–Kier alpha value is -9.29. The molecule has 0 radical (unpaired) electrons. The van der Waals surface area contributed by atoms with Crippen LogP contribution in [0.15, 0.2) is 166 Å². The van der Waals surface area contributed by atoms with Crippen molar-refractivity contribution in [3.8, 4) is 0 Å². The number of hydrogen-bond donors (Lipinski definition) is 7. The predicted molar refractivity (Wildman–Crippen MR) is 342 cm³/mol. The van der Waals surface area contributed by atoms with Gasteiger partial charge >= 0.3 is 6.18 Å². The first-order valence-corrected chi connectivity index (χ1v) is 27.2. The summed E-state index contributed by atoms with van der Waals surface area (Å²) in [6.45, 7) is 14.1. The molecular formula is C60H54Cl6F3N13O6. The maximum absolute atomic E-state index is 11.8. The molecule has 8 rings (SSSR count).